The van der Waals surface area contributed by atoms with Crippen LogP contribution in [0.2, 0.25) is 0 Å². The Labute approximate surface area is 94.7 Å². The third-order valence-corrected chi connectivity index (χ3v) is 2.56. The molecule has 15 heavy (non-hydrogen) atoms. The standard InChI is InChI=1S/C12H28N2O/c1-4-5-10-15-14-11-12(2,3)8-6-7-9-13/h14H,4-11,13H2,1-3H3. The van der Waals surface area contributed by atoms with E-state index in [2.05, 4.69) is 26.3 Å². The van der Waals surface area contributed by atoms with Gasteiger partial charge >= 0.3 is 0 Å². The van der Waals surface area contributed by atoms with Crippen molar-refractivity contribution in [1.29, 1.82) is 0 Å². The third-order valence-electron chi connectivity index (χ3n) is 2.56. The van der Waals surface area contributed by atoms with Gasteiger partial charge in [-0.1, -0.05) is 33.6 Å². The second-order valence-electron chi connectivity index (χ2n) is 4.93. The molecular formula is C12H28N2O. The van der Waals surface area contributed by atoms with Gasteiger partial charge in [0.2, 0.25) is 0 Å². The summed E-state index contributed by atoms with van der Waals surface area (Å²) in [5, 5.41) is 0. The molecule has 3 N–H and O–H groups in total. The summed E-state index contributed by atoms with van der Waals surface area (Å²) >= 11 is 0. The molecular weight excluding hydrogens is 188 g/mol. The number of unbranched alkanes of at least 4 members (excludes halogenated alkanes) is 2. The summed E-state index contributed by atoms with van der Waals surface area (Å²) < 4.78 is 0. The van der Waals surface area contributed by atoms with Crippen LogP contribution >= 0.6 is 0 Å². The van der Waals surface area contributed by atoms with Crippen LogP contribution in [0.3, 0.4) is 0 Å². The molecule has 3 nitrogen and oxygen atoms in total. The fourth-order valence-corrected chi connectivity index (χ4v) is 1.37. The van der Waals surface area contributed by atoms with E-state index < -0.39 is 0 Å². The van der Waals surface area contributed by atoms with E-state index in [1.54, 1.807) is 0 Å². The topological polar surface area (TPSA) is 47.3 Å². The average molecular weight is 216 g/mol. The van der Waals surface area contributed by atoms with Crippen LogP contribution < -0.4 is 11.2 Å². The average Bonchev–Trinajstić information content (AvgIpc) is 2.17. The Kier molecular flexibility index (Phi) is 9.06. The Balaban J connectivity index is 3.38. The molecule has 0 aromatic heterocycles. The lowest BCUT2D eigenvalue weighted by Gasteiger charge is -2.24. The highest BCUT2D eigenvalue weighted by atomic mass is 16.6. The summed E-state index contributed by atoms with van der Waals surface area (Å²) in [5.74, 6) is 0. The van der Waals surface area contributed by atoms with Crippen molar-refractivity contribution in [3.8, 4) is 0 Å². The first-order valence-corrected chi connectivity index (χ1v) is 6.17. The number of hydroxylamine groups is 1. The Hall–Kier alpha value is -0.120. The van der Waals surface area contributed by atoms with Crippen molar-refractivity contribution >= 4 is 0 Å². The Morgan fingerprint density at radius 1 is 1.20 bits per heavy atom. The van der Waals surface area contributed by atoms with E-state index in [0.717, 1.165) is 32.5 Å². The minimum atomic E-state index is 0.307. The summed E-state index contributed by atoms with van der Waals surface area (Å²) in [6, 6.07) is 0. The molecule has 0 radical (unpaired) electrons. The third kappa shape index (κ3) is 10.2. The van der Waals surface area contributed by atoms with Gasteiger partial charge in [-0.25, -0.2) is 5.48 Å². The van der Waals surface area contributed by atoms with Gasteiger partial charge in [-0.3, -0.25) is 0 Å². The zero-order chi connectivity index (χ0) is 11.6. The molecule has 0 rings (SSSR count). The summed E-state index contributed by atoms with van der Waals surface area (Å²) in [6.45, 7) is 9.23. The van der Waals surface area contributed by atoms with E-state index in [4.69, 9.17) is 10.6 Å². The van der Waals surface area contributed by atoms with Crippen molar-refractivity contribution in [2.45, 2.75) is 52.9 Å². The maximum Gasteiger partial charge on any atom is 0.0682 e. The first-order chi connectivity index (χ1) is 7.12. The largest absolute Gasteiger partial charge is 0.330 e. The summed E-state index contributed by atoms with van der Waals surface area (Å²) in [4.78, 5) is 5.34. The van der Waals surface area contributed by atoms with Crippen LogP contribution in [0, 0.1) is 5.41 Å². The Bertz CT molecular complexity index is 138. The van der Waals surface area contributed by atoms with Crippen LogP contribution in [-0.4, -0.2) is 19.7 Å². The SMILES string of the molecule is CCCCONCC(C)(C)CCCCN. The first-order valence-electron chi connectivity index (χ1n) is 6.17. The number of nitrogens with one attached hydrogen (secondary N) is 1. The van der Waals surface area contributed by atoms with Gasteiger partial charge in [-0.05, 0) is 31.2 Å². The van der Waals surface area contributed by atoms with E-state index in [1.165, 1.54) is 19.3 Å². The lowest BCUT2D eigenvalue weighted by Crippen LogP contribution is -2.30. The fourth-order valence-electron chi connectivity index (χ4n) is 1.37. The fraction of sp³-hybridized carbons (Fsp3) is 1.00. The molecule has 3 heteroatoms. The molecule has 0 saturated heterocycles. The Morgan fingerprint density at radius 3 is 2.53 bits per heavy atom. The van der Waals surface area contributed by atoms with Gasteiger partial charge in [-0.15, -0.1) is 0 Å². The van der Waals surface area contributed by atoms with Crippen LogP contribution in [0.5, 0.6) is 0 Å². The van der Waals surface area contributed by atoms with Gasteiger partial charge in [0.25, 0.3) is 0 Å². The molecule has 92 valence electrons. The molecule has 0 saturated carbocycles. The molecule has 0 aliphatic carbocycles. The van der Waals surface area contributed by atoms with Crippen molar-refractivity contribution in [3.05, 3.63) is 0 Å². The number of hydrogen-bond acceptors (Lipinski definition) is 3. The lowest BCUT2D eigenvalue weighted by atomic mass is 9.87. The van der Waals surface area contributed by atoms with Gasteiger partial charge < -0.3 is 10.6 Å². The van der Waals surface area contributed by atoms with Gasteiger partial charge in [0.15, 0.2) is 0 Å². The summed E-state index contributed by atoms with van der Waals surface area (Å²) in [7, 11) is 0. The molecule has 0 fully saturated rings. The monoisotopic (exact) mass is 216 g/mol. The van der Waals surface area contributed by atoms with E-state index >= 15 is 0 Å². The highest BCUT2D eigenvalue weighted by molar-refractivity contribution is 4.69. The molecule has 0 bridgehead atoms. The molecule has 0 atom stereocenters. The minimum absolute atomic E-state index is 0.307. The quantitative estimate of drug-likeness (QED) is 0.435. The Morgan fingerprint density at radius 2 is 1.93 bits per heavy atom. The molecule has 0 aromatic rings. The molecule has 0 unspecified atom stereocenters. The van der Waals surface area contributed by atoms with E-state index in [0.29, 0.717) is 5.41 Å². The number of hydrogen-bond donors (Lipinski definition) is 2. The zero-order valence-electron chi connectivity index (χ0n) is 10.6. The van der Waals surface area contributed by atoms with Crippen molar-refractivity contribution < 1.29 is 4.84 Å². The van der Waals surface area contributed by atoms with Crippen LogP contribution in [0.15, 0.2) is 0 Å². The van der Waals surface area contributed by atoms with E-state index in [-0.39, 0.29) is 0 Å². The lowest BCUT2D eigenvalue weighted by molar-refractivity contribution is 0.0179. The van der Waals surface area contributed by atoms with Crippen molar-refractivity contribution in [2.24, 2.45) is 11.1 Å². The molecule has 0 aromatic carbocycles. The van der Waals surface area contributed by atoms with Crippen molar-refractivity contribution in [1.82, 2.24) is 5.48 Å². The summed E-state index contributed by atoms with van der Waals surface area (Å²) in [5.41, 5.74) is 8.84. The molecule has 0 aliphatic heterocycles. The van der Waals surface area contributed by atoms with Crippen molar-refractivity contribution in [2.75, 3.05) is 19.7 Å². The molecule has 0 amide bonds. The highest BCUT2D eigenvalue weighted by Gasteiger charge is 2.16. The predicted octanol–water partition coefficient (Wildman–Crippen LogP) is 2.46. The molecule has 0 spiro atoms. The van der Waals surface area contributed by atoms with Crippen LogP contribution in [0.25, 0.3) is 0 Å². The number of rotatable bonds is 10. The predicted molar refractivity (Wildman–Crippen MR) is 65.5 cm³/mol. The zero-order valence-corrected chi connectivity index (χ0v) is 10.6. The van der Waals surface area contributed by atoms with E-state index in [1.807, 2.05) is 0 Å². The number of nitrogens with two attached hydrogens (primary N) is 1. The molecule has 0 heterocycles. The van der Waals surface area contributed by atoms with Crippen LogP contribution in [0.1, 0.15) is 52.9 Å². The van der Waals surface area contributed by atoms with Gasteiger partial charge in [0, 0.05) is 6.54 Å². The van der Waals surface area contributed by atoms with E-state index in [9.17, 15) is 0 Å². The first kappa shape index (κ1) is 14.9. The van der Waals surface area contributed by atoms with Gasteiger partial charge in [-0.2, -0.15) is 0 Å². The minimum Gasteiger partial charge on any atom is -0.330 e. The molecule has 0 aliphatic rings. The van der Waals surface area contributed by atoms with Gasteiger partial charge in [0.05, 0.1) is 6.61 Å². The van der Waals surface area contributed by atoms with Crippen LogP contribution in [-0.2, 0) is 4.84 Å². The van der Waals surface area contributed by atoms with Gasteiger partial charge in [0.1, 0.15) is 0 Å². The maximum absolute atomic E-state index is 5.47. The smallest absolute Gasteiger partial charge is 0.0682 e. The second-order valence-corrected chi connectivity index (χ2v) is 4.93. The normalized spacial score (nSPS) is 12.0. The highest BCUT2D eigenvalue weighted by Crippen LogP contribution is 2.21. The summed E-state index contributed by atoms with van der Waals surface area (Å²) in [6.07, 6.45) is 5.84. The van der Waals surface area contributed by atoms with Crippen LogP contribution in [0.4, 0.5) is 0 Å². The maximum atomic E-state index is 5.47. The van der Waals surface area contributed by atoms with Crippen molar-refractivity contribution in [3.63, 3.8) is 0 Å². The second kappa shape index (κ2) is 9.13.